The van der Waals surface area contributed by atoms with E-state index in [2.05, 4.69) is 10.3 Å². The van der Waals surface area contributed by atoms with E-state index < -0.39 is 17.7 Å². The van der Waals surface area contributed by atoms with E-state index in [-0.39, 0.29) is 5.91 Å². The minimum atomic E-state index is -0.640. The molecule has 1 aromatic heterocycles. The van der Waals surface area contributed by atoms with E-state index in [9.17, 15) is 9.59 Å². The molecule has 1 N–H and O–H groups in total. The molecule has 0 radical (unpaired) electrons. The molecule has 0 bridgehead atoms. The smallest absolute Gasteiger partial charge is 0.410 e. The fourth-order valence-corrected chi connectivity index (χ4v) is 1.69. The van der Waals surface area contributed by atoms with Crippen molar-refractivity contribution in [3.63, 3.8) is 0 Å². The average Bonchev–Trinajstić information content (AvgIpc) is 2.77. The molecule has 1 rings (SSSR count). The Morgan fingerprint density at radius 1 is 1.47 bits per heavy atom. The number of thiazole rings is 1. The van der Waals surface area contributed by atoms with Crippen molar-refractivity contribution in [1.29, 1.82) is 0 Å². The van der Waals surface area contributed by atoms with Crippen LogP contribution in [0.1, 0.15) is 27.7 Å². The monoisotopic (exact) mass is 285 g/mol. The summed E-state index contributed by atoms with van der Waals surface area (Å²) in [6.45, 7) is 6.96. The minimum absolute atomic E-state index is 0.302. The molecule has 0 fully saturated rings. The predicted molar refractivity (Wildman–Crippen MR) is 74.2 cm³/mol. The van der Waals surface area contributed by atoms with Crippen molar-refractivity contribution < 1.29 is 14.3 Å². The SMILES string of the molecule is CC(C(=O)Nc1nccs1)N(C)C(=O)OC(C)(C)C. The number of carbonyl (C=O) groups is 2. The summed E-state index contributed by atoms with van der Waals surface area (Å²) in [4.78, 5) is 29.0. The third-order valence-electron chi connectivity index (χ3n) is 2.30. The van der Waals surface area contributed by atoms with Crippen LogP contribution in [0.3, 0.4) is 0 Å². The van der Waals surface area contributed by atoms with Crippen molar-refractivity contribution in [3.8, 4) is 0 Å². The topological polar surface area (TPSA) is 71.5 Å². The summed E-state index contributed by atoms with van der Waals surface area (Å²) in [5.74, 6) is -0.302. The second kappa shape index (κ2) is 6.01. The van der Waals surface area contributed by atoms with E-state index in [1.54, 1.807) is 39.3 Å². The van der Waals surface area contributed by atoms with Gasteiger partial charge in [0.25, 0.3) is 0 Å². The number of likely N-dealkylation sites (N-methyl/N-ethyl adjacent to an activating group) is 1. The first-order chi connectivity index (χ1) is 8.70. The van der Waals surface area contributed by atoms with E-state index in [1.807, 2.05) is 0 Å². The van der Waals surface area contributed by atoms with Crippen LogP contribution in [-0.4, -0.2) is 40.6 Å². The molecule has 6 nitrogen and oxygen atoms in total. The Bertz CT molecular complexity index is 440. The maximum Gasteiger partial charge on any atom is 0.410 e. The molecular formula is C12H19N3O3S. The van der Waals surface area contributed by atoms with E-state index >= 15 is 0 Å². The Labute approximate surface area is 116 Å². The van der Waals surface area contributed by atoms with Crippen LogP contribution < -0.4 is 5.32 Å². The number of nitrogens with zero attached hydrogens (tertiary/aromatic N) is 2. The molecule has 1 unspecified atom stereocenters. The lowest BCUT2D eigenvalue weighted by Gasteiger charge is -2.27. The first-order valence-electron chi connectivity index (χ1n) is 5.87. The molecule has 7 heteroatoms. The zero-order chi connectivity index (χ0) is 14.6. The molecule has 1 heterocycles. The fraction of sp³-hybridized carbons (Fsp3) is 0.583. The number of hydrogen-bond donors (Lipinski definition) is 1. The van der Waals surface area contributed by atoms with E-state index in [0.29, 0.717) is 5.13 Å². The number of aromatic nitrogens is 1. The fourth-order valence-electron chi connectivity index (χ4n) is 1.16. The van der Waals surface area contributed by atoms with Gasteiger partial charge in [0.1, 0.15) is 11.6 Å². The Morgan fingerprint density at radius 3 is 2.58 bits per heavy atom. The maximum absolute atomic E-state index is 11.9. The maximum atomic E-state index is 11.9. The second-order valence-electron chi connectivity index (χ2n) is 5.09. The van der Waals surface area contributed by atoms with Gasteiger partial charge in [-0.2, -0.15) is 0 Å². The number of ether oxygens (including phenoxy) is 1. The van der Waals surface area contributed by atoms with Crippen molar-refractivity contribution >= 4 is 28.5 Å². The zero-order valence-corrected chi connectivity index (χ0v) is 12.6. The molecule has 1 atom stereocenters. The molecule has 0 saturated heterocycles. The van der Waals surface area contributed by atoms with Crippen molar-refractivity contribution in [1.82, 2.24) is 9.88 Å². The van der Waals surface area contributed by atoms with Crippen LogP contribution in [0.5, 0.6) is 0 Å². The van der Waals surface area contributed by atoms with Gasteiger partial charge in [0.2, 0.25) is 5.91 Å². The lowest BCUT2D eigenvalue weighted by atomic mass is 10.2. The predicted octanol–water partition coefficient (Wildman–Crippen LogP) is 2.34. The molecule has 0 aliphatic carbocycles. The third kappa shape index (κ3) is 4.86. The summed E-state index contributed by atoms with van der Waals surface area (Å²) in [6, 6.07) is -0.640. The standard InChI is InChI=1S/C12H19N3O3S/c1-8(9(16)14-10-13-6-7-19-10)15(5)11(17)18-12(2,3)4/h6-8H,1-5H3,(H,13,14,16). The Balaban J connectivity index is 2.58. The Morgan fingerprint density at radius 2 is 2.11 bits per heavy atom. The van der Waals surface area contributed by atoms with Crippen LogP contribution >= 0.6 is 11.3 Å². The largest absolute Gasteiger partial charge is 0.444 e. The summed E-state index contributed by atoms with van der Waals surface area (Å²) in [5.41, 5.74) is -0.586. The lowest BCUT2D eigenvalue weighted by Crippen LogP contribution is -2.45. The number of nitrogens with one attached hydrogen (secondary N) is 1. The van der Waals surface area contributed by atoms with E-state index in [1.165, 1.54) is 23.3 Å². The Hall–Kier alpha value is -1.63. The molecule has 0 aliphatic heterocycles. The van der Waals surface area contributed by atoms with Gasteiger partial charge in [0, 0.05) is 18.6 Å². The normalized spacial score (nSPS) is 12.7. The molecule has 19 heavy (non-hydrogen) atoms. The number of anilines is 1. The quantitative estimate of drug-likeness (QED) is 0.925. The number of amides is 2. The highest BCUT2D eigenvalue weighted by molar-refractivity contribution is 7.13. The van der Waals surface area contributed by atoms with E-state index in [0.717, 1.165) is 0 Å². The molecule has 2 amide bonds. The highest BCUT2D eigenvalue weighted by Gasteiger charge is 2.27. The molecule has 0 saturated carbocycles. The number of hydrogen-bond acceptors (Lipinski definition) is 5. The first-order valence-corrected chi connectivity index (χ1v) is 6.75. The number of rotatable bonds is 3. The van der Waals surface area contributed by atoms with Crippen molar-refractivity contribution in [2.24, 2.45) is 0 Å². The van der Waals surface area contributed by atoms with Crippen LogP contribution in [0.15, 0.2) is 11.6 Å². The van der Waals surface area contributed by atoms with Crippen LogP contribution in [0.25, 0.3) is 0 Å². The van der Waals surface area contributed by atoms with Crippen LogP contribution in [0.2, 0.25) is 0 Å². The third-order valence-corrected chi connectivity index (χ3v) is 2.99. The molecule has 106 valence electrons. The summed E-state index contributed by atoms with van der Waals surface area (Å²) >= 11 is 1.32. The van der Waals surface area contributed by atoms with Crippen LogP contribution in [0.4, 0.5) is 9.93 Å². The highest BCUT2D eigenvalue weighted by Crippen LogP contribution is 2.13. The van der Waals surface area contributed by atoms with E-state index in [4.69, 9.17) is 4.74 Å². The Kier molecular flexibility index (Phi) is 4.88. The lowest BCUT2D eigenvalue weighted by molar-refractivity contribution is -0.120. The van der Waals surface area contributed by atoms with Crippen LogP contribution in [-0.2, 0) is 9.53 Å². The van der Waals surface area contributed by atoms with Gasteiger partial charge in [-0.15, -0.1) is 11.3 Å². The van der Waals surface area contributed by atoms with Gasteiger partial charge >= 0.3 is 6.09 Å². The first kappa shape index (κ1) is 15.4. The summed E-state index contributed by atoms with van der Waals surface area (Å²) in [7, 11) is 1.53. The second-order valence-corrected chi connectivity index (χ2v) is 5.99. The molecule has 0 aromatic carbocycles. The van der Waals surface area contributed by atoms with Gasteiger partial charge in [-0.05, 0) is 27.7 Å². The van der Waals surface area contributed by atoms with Gasteiger partial charge in [-0.25, -0.2) is 9.78 Å². The number of carbonyl (C=O) groups excluding carboxylic acids is 2. The van der Waals surface area contributed by atoms with Crippen molar-refractivity contribution in [2.75, 3.05) is 12.4 Å². The summed E-state index contributed by atoms with van der Waals surface area (Å²) < 4.78 is 5.20. The van der Waals surface area contributed by atoms with Gasteiger partial charge < -0.3 is 10.1 Å². The zero-order valence-electron chi connectivity index (χ0n) is 11.8. The van der Waals surface area contributed by atoms with Gasteiger partial charge in [-0.3, -0.25) is 9.69 Å². The minimum Gasteiger partial charge on any atom is -0.444 e. The summed E-state index contributed by atoms with van der Waals surface area (Å²) in [5, 5.41) is 4.91. The molecular weight excluding hydrogens is 266 g/mol. The van der Waals surface area contributed by atoms with Gasteiger partial charge in [-0.1, -0.05) is 0 Å². The van der Waals surface area contributed by atoms with Gasteiger partial charge in [0.15, 0.2) is 5.13 Å². The van der Waals surface area contributed by atoms with Gasteiger partial charge in [0.05, 0.1) is 0 Å². The molecule has 0 aliphatic rings. The van der Waals surface area contributed by atoms with Crippen molar-refractivity contribution in [2.45, 2.75) is 39.3 Å². The molecule has 0 spiro atoms. The molecule has 1 aromatic rings. The average molecular weight is 285 g/mol. The summed E-state index contributed by atoms with van der Waals surface area (Å²) in [6.07, 6.45) is 1.07. The highest BCUT2D eigenvalue weighted by atomic mass is 32.1. The van der Waals surface area contributed by atoms with Crippen molar-refractivity contribution in [3.05, 3.63) is 11.6 Å². The van der Waals surface area contributed by atoms with Crippen LogP contribution in [0, 0.1) is 0 Å².